The number of aromatic nitrogens is 2. The van der Waals surface area contributed by atoms with E-state index >= 15 is 0 Å². The number of aliphatic hydroxyl groups is 1. The second-order valence-electron chi connectivity index (χ2n) is 6.24. The highest BCUT2D eigenvalue weighted by Crippen LogP contribution is 2.60. The molecule has 5 N–H and O–H groups in total. The number of hydrogen-bond donors (Lipinski definition) is 4. The van der Waals surface area contributed by atoms with E-state index in [1.165, 1.54) is 0 Å². The SMILES string of the molecule is NS(=O)(=O)NC1[C@H]2CC(O)(c3cc(Cl)cc4[nH]ncc34)C[C@@H]12. The maximum absolute atomic E-state index is 11.1. The molecule has 4 rings (SSSR count). The van der Waals surface area contributed by atoms with Gasteiger partial charge < -0.3 is 5.11 Å². The van der Waals surface area contributed by atoms with Gasteiger partial charge in [-0.05, 0) is 42.4 Å². The molecule has 118 valence electrons. The summed E-state index contributed by atoms with van der Waals surface area (Å²) >= 11 is 6.12. The number of nitrogens with zero attached hydrogens (tertiary/aromatic N) is 1. The minimum Gasteiger partial charge on any atom is -0.385 e. The van der Waals surface area contributed by atoms with E-state index in [-0.39, 0.29) is 17.9 Å². The number of fused-ring (bicyclic) bond motifs is 2. The molecule has 7 nitrogen and oxygen atoms in total. The van der Waals surface area contributed by atoms with Crippen LogP contribution < -0.4 is 9.86 Å². The third-order valence-corrected chi connectivity index (χ3v) is 5.62. The summed E-state index contributed by atoms with van der Waals surface area (Å²) in [6, 6.07) is 3.35. The Morgan fingerprint density at radius 2 is 2.09 bits per heavy atom. The highest BCUT2D eigenvalue weighted by atomic mass is 35.5. The number of hydrogen-bond acceptors (Lipinski definition) is 4. The van der Waals surface area contributed by atoms with Crippen LogP contribution in [-0.2, 0) is 15.8 Å². The molecule has 2 saturated carbocycles. The van der Waals surface area contributed by atoms with Gasteiger partial charge in [0.05, 0.1) is 17.3 Å². The fourth-order valence-electron chi connectivity index (χ4n) is 3.85. The van der Waals surface area contributed by atoms with Crippen molar-refractivity contribution in [3.05, 3.63) is 28.9 Å². The van der Waals surface area contributed by atoms with Gasteiger partial charge in [-0.1, -0.05) is 11.6 Å². The van der Waals surface area contributed by atoms with Gasteiger partial charge in [-0.2, -0.15) is 18.2 Å². The van der Waals surface area contributed by atoms with Gasteiger partial charge in [0.25, 0.3) is 10.2 Å². The average Bonchev–Trinajstić information content (AvgIpc) is 2.83. The topological polar surface area (TPSA) is 121 Å². The van der Waals surface area contributed by atoms with Gasteiger partial charge in [0.15, 0.2) is 0 Å². The van der Waals surface area contributed by atoms with Gasteiger partial charge >= 0.3 is 0 Å². The van der Waals surface area contributed by atoms with E-state index in [0.29, 0.717) is 17.9 Å². The van der Waals surface area contributed by atoms with Crippen molar-refractivity contribution in [3.63, 3.8) is 0 Å². The molecule has 0 amide bonds. The second-order valence-corrected chi connectivity index (χ2v) is 8.00. The second kappa shape index (κ2) is 4.42. The molecule has 2 aliphatic rings. The molecule has 1 heterocycles. The molecule has 22 heavy (non-hydrogen) atoms. The number of halogens is 1. The highest BCUT2D eigenvalue weighted by molar-refractivity contribution is 7.87. The van der Waals surface area contributed by atoms with E-state index in [4.69, 9.17) is 16.7 Å². The lowest BCUT2D eigenvalue weighted by atomic mass is 9.86. The molecular weight excluding hydrogens is 328 g/mol. The van der Waals surface area contributed by atoms with Crippen LogP contribution in [0, 0.1) is 11.8 Å². The Bertz CT molecular complexity index is 853. The number of nitrogens with two attached hydrogens (primary N) is 1. The van der Waals surface area contributed by atoms with Crippen molar-refractivity contribution in [1.29, 1.82) is 0 Å². The molecule has 9 heteroatoms. The summed E-state index contributed by atoms with van der Waals surface area (Å²) < 4.78 is 24.6. The van der Waals surface area contributed by atoms with E-state index in [1.54, 1.807) is 18.3 Å². The Kier molecular flexibility index (Phi) is 2.90. The van der Waals surface area contributed by atoms with Crippen LogP contribution in [0.2, 0.25) is 5.02 Å². The predicted molar refractivity (Wildman–Crippen MR) is 81.2 cm³/mol. The zero-order valence-corrected chi connectivity index (χ0v) is 13.0. The Hall–Kier alpha value is -1.19. The van der Waals surface area contributed by atoms with Crippen molar-refractivity contribution < 1.29 is 13.5 Å². The van der Waals surface area contributed by atoms with E-state index < -0.39 is 15.8 Å². The van der Waals surface area contributed by atoms with E-state index in [2.05, 4.69) is 14.9 Å². The summed E-state index contributed by atoms with van der Waals surface area (Å²) in [6.45, 7) is 0. The molecule has 4 atom stereocenters. The van der Waals surface area contributed by atoms with Gasteiger partial charge in [0.2, 0.25) is 0 Å². The molecule has 0 radical (unpaired) electrons. The smallest absolute Gasteiger partial charge is 0.274 e. The molecule has 2 unspecified atom stereocenters. The monoisotopic (exact) mass is 342 g/mol. The van der Waals surface area contributed by atoms with Crippen LogP contribution >= 0.6 is 11.6 Å². The Balaban J connectivity index is 1.64. The highest BCUT2D eigenvalue weighted by Gasteiger charge is 2.62. The summed E-state index contributed by atoms with van der Waals surface area (Å²) in [5.41, 5.74) is 0.500. The lowest BCUT2D eigenvalue weighted by molar-refractivity contribution is 0.0303. The minimum absolute atomic E-state index is 0.101. The van der Waals surface area contributed by atoms with E-state index in [1.807, 2.05) is 0 Å². The molecule has 1 aromatic heterocycles. The van der Waals surface area contributed by atoms with Crippen LogP contribution in [0.25, 0.3) is 10.9 Å². The first kappa shape index (κ1) is 14.4. The van der Waals surface area contributed by atoms with Crippen molar-refractivity contribution in [3.8, 4) is 0 Å². The minimum atomic E-state index is -3.71. The number of benzene rings is 1. The van der Waals surface area contributed by atoms with Crippen molar-refractivity contribution in [2.45, 2.75) is 24.5 Å². The average molecular weight is 343 g/mol. The molecule has 0 aliphatic heterocycles. The third-order valence-electron chi connectivity index (χ3n) is 4.80. The quantitative estimate of drug-likeness (QED) is 0.652. The Labute approximate surface area is 132 Å². The summed E-state index contributed by atoms with van der Waals surface area (Å²) in [5, 5.41) is 24.2. The van der Waals surface area contributed by atoms with Crippen LogP contribution in [-0.4, -0.2) is 29.8 Å². The standard InChI is InChI=1S/C13H15ClN4O3S/c14-6-1-10(9-5-16-17-11(9)2-6)13(19)3-7-8(4-13)12(7)18-22(15,20)21/h1-2,5,7-8,12,18-19H,3-4H2,(H,16,17)(H2,15,20,21)/t7-,8+,12?,13?. The van der Waals surface area contributed by atoms with Gasteiger partial charge in [0.1, 0.15) is 0 Å². The lowest BCUT2D eigenvalue weighted by Crippen LogP contribution is -2.37. The van der Waals surface area contributed by atoms with Crippen LogP contribution in [0.15, 0.2) is 18.3 Å². The first-order valence-electron chi connectivity index (χ1n) is 6.92. The van der Waals surface area contributed by atoms with Crippen LogP contribution in [0.5, 0.6) is 0 Å². The normalized spacial score (nSPS) is 34.0. The Morgan fingerprint density at radius 1 is 1.41 bits per heavy atom. The summed E-state index contributed by atoms with van der Waals surface area (Å²) in [6.07, 6.45) is 2.62. The Morgan fingerprint density at radius 3 is 2.73 bits per heavy atom. The number of nitrogens with one attached hydrogen (secondary N) is 2. The first-order chi connectivity index (χ1) is 10.3. The van der Waals surface area contributed by atoms with Crippen molar-refractivity contribution in [2.24, 2.45) is 17.0 Å². The summed E-state index contributed by atoms with van der Waals surface area (Å²) in [5.74, 6) is 0.202. The van der Waals surface area contributed by atoms with Crippen molar-refractivity contribution >= 4 is 32.7 Å². The molecule has 0 spiro atoms. The van der Waals surface area contributed by atoms with E-state index in [9.17, 15) is 13.5 Å². The molecule has 1 aromatic carbocycles. The fourth-order valence-corrected chi connectivity index (χ4v) is 4.80. The zero-order chi connectivity index (χ0) is 15.7. The van der Waals surface area contributed by atoms with Crippen molar-refractivity contribution in [1.82, 2.24) is 14.9 Å². The summed E-state index contributed by atoms with van der Waals surface area (Å²) in [7, 11) is -3.71. The lowest BCUT2D eigenvalue weighted by Gasteiger charge is -2.27. The third kappa shape index (κ3) is 2.22. The molecule has 2 aliphatic carbocycles. The number of aromatic amines is 1. The van der Waals surface area contributed by atoms with Crippen LogP contribution in [0.3, 0.4) is 0 Å². The van der Waals surface area contributed by atoms with Crippen LogP contribution in [0.4, 0.5) is 0 Å². The molecule has 2 fully saturated rings. The van der Waals surface area contributed by atoms with E-state index in [0.717, 1.165) is 16.5 Å². The fraction of sp³-hybridized carbons (Fsp3) is 0.462. The first-order valence-corrected chi connectivity index (χ1v) is 8.85. The molecule has 0 saturated heterocycles. The molecule has 2 aromatic rings. The molecule has 0 bridgehead atoms. The summed E-state index contributed by atoms with van der Waals surface area (Å²) in [4.78, 5) is 0. The van der Waals surface area contributed by atoms with Gasteiger partial charge in [-0.3, -0.25) is 5.10 Å². The largest absolute Gasteiger partial charge is 0.385 e. The maximum Gasteiger partial charge on any atom is 0.274 e. The number of rotatable bonds is 3. The zero-order valence-electron chi connectivity index (χ0n) is 11.5. The van der Waals surface area contributed by atoms with Gasteiger partial charge in [-0.25, -0.2) is 5.14 Å². The maximum atomic E-state index is 11.1. The van der Waals surface area contributed by atoms with Gasteiger partial charge in [-0.15, -0.1) is 0 Å². The number of H-pyrrole nitrogens is 1. The van der Waals surface area contributed by atoms with Crippen LogP contribution in [0.1, 0.15) is 18.4 Å². The molecular formula is C13H15ClN4O3S. The predicted octanol–water partition coefficient (Wildman–Crippen LogP) is 0.605. The van der Waals surface area contributed by atoms with Gasteiger partial charge in [0, 0.05) is 16.5 Å². The van der Waals surface area contributed by atoms with Crippen molar-refractivity contribution in [2.75, 3.05) is 0 Å².